The highest BCUT2D eigenvalue weighted by Gasteiger charge is 2.47. The third-order valence-electron chi connectivity index (χ3n) is 4.81. The summed E-state index contributed by atoms with van der Waals surface area (Å²) in [6.45, 7) is 4.79. The van der Waals surface area contributed by atoms with E-state index in [0.29, 0.717) is 18.8 Å². The molecule has 3 rings (SSSR count). The third kappa shape index (κ3) is 2.88. The molecule has 2 aliphatic rings. The molecule has 0 aliphatic carbocycles. The molecule has 120 valence electrons. The van der Waals surface area contributed by atoms with Crippen LogP contribution in [0.1, 0.15) is 35.4 Å². The van der Waals surface area contributed by atoms with Gasteiger partial charge in [-0.25, -0.2) is 4.98 Å². The monoisotopic (exact) mass is 304 g/mol. The van der Waals surface area contributed by atoms with Crippen LogP contribution in [0.2, 0.25) is 0 Å². The highest BCUT2D eigenvalue weighted by Crippen LogP contribution is 2.40. The largest absolute Gasteiger partial charge is 0.384 e. The van der Waals surface area contributed by atoms with Crippen molar-refractivity contribution in [3.63, 3.8) is 0 Å². The van der Waals surface area contributed by atoms with E-state index in [-0.39, 0.29) is 17.4 Å². The van der Waals surface area contributed by atoms with Gasteiger partial charge < -0.3 is 14.4 Å². The first-order chi connectivity index (χ1) is 10.6. The minimum atomic E-state index is -0.0647. The zero-order chi connectivity index (χ0) is 15.6. The summed E-state index contributed by atoms with van der Waals surface area (Å²) in [7, 11) is 1.73. The average molecular weight is 304 g/mol. The standard InChI is InChI=1S/C17H24N2O3/c1-13-5-3-6-14(18-13)16(20)19-9-7-15-17(11-19,12-21-2)8-4-10-22-15/h3,5-6,15H,4,7-12H2,1-2H3. The van der Waals surface area contributed by atoms with Gasteiger partial charge in [0.15, 0.2) is 0 Å². The molecule has 0 saturated carbocycles. The maximum Gasteiger partial charge on any atom is 0.272 e. The summed E-state index contributed by atoms with van der Waals surface area (Å²) in [4.78, 5) is 19.0. The summed E-state index contributed by atoms with van der Waals surface area (Å²) in [5, 5.41) is 0. The molecule has 0 radical (unpaired) electrons. The number of carbonyl (C=O) groups excluding carboxylic acids is 1. The molecular weight excluding hydrogens is 280 g/mol. The number of hydrogen-bond acceptors (Lipinski definition) is 4. The number of methoxy groups -OCH3 is 1. The number of piperidine rings is 1. The molecule has 1 aromatic heterocycles. The molecule has 1 amide bonds. The van der Waals surface area contributed by atoms with Gasteiger partial charge in [0.2, 0.25) is 0 Å². The van der Waals surface area contributed by atoms with Gasteiger partial charge in [-0.2, -0.15) is 0 Å². The first-order valence-electron chi connectivity index (χ1n) is 7.98. The number of fused-ring (bicyclic) bond motifs is 1. The molecule has 2 aliphatic heterocycles. The molecule has 5 heteroatoms. The highest BCUT2D eigenvalue weighted by molar-refractivity contribution is 5.92. The number of nitrogens with zero attached hydrogens (tertiary/aromatic N) is 2. The van der Waals surface area contributed by atoms with Crippen molar-refractivity contribution in [3.8, 4) is 0 Å². The molecule has 1 aromatic rings. The molecule has 2 fully saturated rings. The molecule has 0 aromatic carbocycles. The van der Waals surface area contributed by atoms with E-state index in [1.165, 1.54) is 0 Å². The Morgan fingerprint density at radius 1 is 1.55 bits per heavy atom. The smallest absolute Gasteiger partial charge is 0.272 e. The van der Waals surface area contributed by atoms with Crippen molar-refractivity contribution in [2.45, 2.75) is 32.3 Å². The second kappa shape index (κ2) is 6.34. The van der Waals surface area contributed by atoms with Crippen LogP contribution in [0.3, 0.4) is 0 Å². The molecule has 0 spiro atoms. The Labute approximate surface area is 131 Å². The van der Waals surface area contributed by atoms with E-state index in [4.69, 9.17) is 9.47 Å². The summed E-state index contributed by atoms with van der Waals surface area (Å²) in [5.41, 5.74) is 1.33. The number of pyridine rings is 1. The maximum absolute atomic E-state index is 12.8. The zero-order valence-electron chi connectivity index (χ0n) is 13.4. The van der Waals surface area contributed by atoms with E-state index in [9.17, 15) is 4.79 Å². The summed E-state index contributed by atoms with van der Waals surface area (Å²) in [5.74, 6) is 0.0169. The van der Waals surface area contributed by atoms with Crippen molar-refractivity contribution >= 4 is 5.91 Å². The first kappa shape index (κ1) is 15.4. The van der Waals surface area contributed by atoms with E-state index in [0.717, 1.165) is 38.1 Å². The van der Waals surface area contributed by atoms with Crippen LogP contribution in [0.15, 0.2) is 18.2 Å². The predicted octanol–water partition coefficient (Wildman–Crippen LogP) is 2.05. The SMILES string of the molecule is COCC12CCCOC1CCN(C(=O)c1cccc(C)n1)C2. The van der Waals surface area contributed by atoms with Gasteiger partial charge in [-0.1, -0.05) is 6.07 Å². The van der Waals surface area contributed by atoms with Gasteiger partial charge in [-0.15, -0.1) is 0 Å². The number of aryl methyl sites for hydroxylation is 1. The Morgan fingerprint density at radius 2 is 2.41 bits per heavy atom. The van der Waals surface area contributed by atoms with Crippen LogP contribution >= 0.6 is 0 Å². The number of amides is 1. The van der Waals surface area contributed by atoms with Crippen molar-refractivity contribution in [2.75, 3.05) is 33.4 Å². The van der Waals surface area contributed by atoms with Crippen LogP contribution in [0.5, 0.6) is 0 Å². The molecule has 0 bridgehead atoms. The van der Waals surface area contributed by atoms with Crippen molar-refractivity contribution in [2.24, 2.45) is 5.41 Å². The molecule has 0 N–H and O–H groups in total. The van der Waals surface area contributed by atoms with Gasteiger partial charge in [-0.05, 0) is 38.3 Å². The molecule has 22 heavy (non-hydrogen) atoms. The molecule has 5 nitrogen and oxygen atoms in total. The van der Waals surface area contributed by atoms with Crippen molar-refractivity contribution in [3.05, 3.63) is 29.6 Å². The van der Waals surface area contributed by atoms with Crippen LogP contribution in [-0.2, 0) is 9.47 Å². The van der Waals surface area contributed by atoms with E-state index < -0.39 is 0 Å². The van der Waals surface area contributed by atoms with E-state index in [2.05, 4.69) is 4.98 Å². The lowest BCUT2D eigenvalue weighted by Crippen LogP contribution is -2.58. The number of rotatable bonds is 3. The molecule has 2 saturated heterocycles. The Balaban J connectivity index is 1.79. The zero-order valence-corrected chi connectivity index (χ0v) is 13.4. The fraction of sp³-hybridized carbons (Fsp3) is 0.647. The maximum atomic E-state index is 12.8. The van der Waals surface area contributed by atoms with Crippen LogP contribution in [-0.4, -0.2) is 55.3 Å². The van der Waals surface area contributed by atoms with Gasteiger partial charge >= 0.3 is 0 Å². The molecule has 2 unspecified atom stereocenters. The Morgan fingerprint density at radius 3 is 3.18 bits per heavy atom. The Bertz CT molecular complexity index is 544. The van der Waals surface area contributed by atoms with Crippen molar-refractivity contribution in [1.82, 2.24) is 9.88 Å². The summed E-state index contributed by atoms with van der Waals surface area (Å²) < 4.78 is 11.4. The topological polar surface area (TPSA) is 51.7 Å². The lowest BCUT2D eigenvalue weighted by atomic mass is 9.73. The first-order valence-corrected chi connectivity index (χ1v) is 7.98. The molecular formula is C17H24N2O3. The van der Waals surface area contributed by atoms with Crippen LogP contribution in [0.4, 0.5) is 0 Å². The third-order valence-corrected chi connectivity index (χ3v) is 4.81. The lowest BCUT2D eigenvalue weighted by Gasteiger charge is -2.50. The number of ether oxygens (including phenoxy) is 2. The minimum absolute atomic E-state index is 0.0169. The quantitative estimate of drug-likeness (QED) is 0.857. The number of hydrogen-bond donors (Lipinski definition) is 0. The van der Waals surface area contributed by atoms with E-state index >= 15 is 0 Å². The fourth-order valence-corrected chi connectivity index (χ4v) is 3.79. The number of aromatic nitrogens is 1. The minimum Gasteiger partial charge on any atom is -0.384 e. The predicted molar refractivity (Wildman–Crippen MR) is 82.8 cm³/mol. The van der Waals surface area contributed by atoms with E-state index in [1.54, 1.807) is 13.2 Å². The van der Waals surface area contributed by atoms with Gasteiger partial charge in [-0.3, -0.25) is 4.79 Å². The highest BCUT2D eigenvalue weighted by atomic mass is 16.5. The van der Waals surface area contributed by atoms with Gasteiger partial charge in [0.1, 0.15) is 5.69 Å². The molecule has 2 atom stereocenters. The van der Waals surface area contributed by atoms with Crippen molar-refractivity contribution < 1.29 is 14.3 Å². The number of carbonyl (C=O) groups is 1. The Hall–Kier alpha value is -1.46. The summed E-state index contributed by atoms with van der Waals surface area (Å²) in [6.07, 6.45) is 3.16. The van der Waals surface area contributed by atoms with Gasteiger partial charge in [0, 0.05) is 37.9 Å². The summed E-state index contributed by atoms with van der Waals surface area (Å²) >= 11 is 0. The van der Waals surface area contributed by atoms with Crippen LogP contribution < -0.4 is 0 Å². The number of likely N-dealkylation sites (tertiary alicyclic amines) is 1. The normalized spacial score (nSPS) is 28.3. The summed E-state index contributed by atoms with van der Waals surface area (Å²) in [6, 6.07) is 5.59. The van der Waals surface area contributed by atoms with Gasteiger partial charge in [0.25, 0.3) is 5.91 Å². The van der Waals surface area contributed by atoms with Crippen LogP contribution in [0.25, 0.3) is 0 Å². The second-order valence-corrected chi connectivity index (χ2v) is 6.44. The van der Waals surface area contributed by atoms with E-state index in [1.807, 2.05) is 24.0 Å². The fourth-order valence-electron chi connectivity index (χ4n) is 3.79. The lowest BCUT2D eigenvalue weighted by molar-refractivity contribution is -0.142. The Kier molecular flexibility index (Phi) is 4.45. The average Bonchev–Trinajstić information content (AvgIpc) is 2.53. The van der Waals surface area contributed by atoms with Crippen LogP contribution in [0, 0.1) is 12.3 Å². The van der Waals surface area contributed by atoms with Gasteiger partial charge in [0.05, 0.1) is 12.7 Å². The molecule has 3 heterocycles. The van der Waals surface area contributed by atoms with Crippen molar-refractivity contribution in [1.29, 1.82) is 0 Å². The second-order valence-electron chi connectivity index (χ2n) is 6.44.